The topological polar surface area (TPSA) is 66.8 Å². The quantitative estimate of drug-likeness (QED) is 0.397. The Kier molecular flexibility index (Phi) is 5.99. The second kappa shape index (κ2) is 9.39. The second-order valence-electron chi connectivity index (χ2n) is 7.95. The van der Waals surface area contributed by atoms with Crippen molar-refractivity contribution < 1.29 is 18.9 Å². The molecule has 7 heteroatoms. The Morgan fingerprint density at radius 2 is 1.59 bits per heavy atom. The van der Waals surface area contributed by atoms with Gasteiger partial charge in [0.1, 0.15) is 18.2 Å². The van der Waals surface area contributed by atoms with Crippen molar-refractivity contribution in [2.75, 3.05) is 33.2 Å². The number of fused-ring (bicyclic) bond motifs is 1. The molecule has 0 bridgehead atoms. The van der Waals surface area contributed by atoms with Gasteiger partial charge in [-0.05, 0) is 48.4 Å². The lowest BCUT2D eigenvalue weighted by molar-refractivity contribution is 0.306. The fourth-order valence-electron chi connectivity index (χ4n) is 4.24. The molecule has 3 aromatic carbocycles. The lowest BCUT2D eigenvalue weighted by Crippen LogP contribution is -2.04. The molecule has 4 aromatic rings. The zero-order valence-corrected chi connectivity index (χ0v) is 19.5. The summed E-state index contributed by atoms with van der Waals surface area (Å²) in [7, 11) is 4.84. The summed E-state index contributed by atoms with van der Waals surface area (Å²) in [6.07, 6.45) is 0.888. The van der Waals surface area contributed by atoms with Gasteiger partial charge in [0.05, 0.1) is 32.7 Å². The van der Waals surface area contributed by atoms with Crippen molar-refractivity contribution in [3.8, 4) is 39.9 Å². The molecule has 0 radical (unpaired) electrons. The highest BCUT2D eigenvalue weighted by Crippen LogP contribution is 2.43. The Bertz CT molecular complexity index is 1260. The van der Waals surface area contributed by atoms with Gasteiger partial charge in [-0.15, -0.1) is 0 Å². The molecule has 1 aliphatic heterocycles. The number of benzene rings is 3. The smallest absolute Gasteiger partial charge is 0.203 e. The molecule has 0 spiro atoms. The third-order valence-electron chi connectivity index (χ3n) is 5.92. The maximum Gasteiger partial charge on any atom is 0.203 e. The molecule has 0 unspecified atom stereocenters. The fraction of sp³-hybridized carbons (Fsp3) is 0.222. The van der Waals surface area contributed by atoms with Gasteiger partial charge >= 0.3 is 0 Å². The van der Waals surface area contributed by atoms with Crippen LogP contribution in [0.2, 0.25) is 0 Å². The minimum absolute atomic E-state index is 0.532. The van der Waals surface area contributed by atoms with Crippen LogP contribution in [0.5, 0.6) is 23.0 Å². The van der Waals surface area contributed by atoms with Crippen molar-refractivity contribution in [2.45, 2.75) is 13.0 Å². The van der Waals surface area contributed by atoms with Crippen LogP contribution >= 0.6 is 0 Å². The average Bonchev–Trinajstić information content (AvgIpc) is 3.51. The maximum atomic E-state index is 5.94. The zero-order chi connectivity index (χ0) is 23.5. The Labute approximate surface area is 198 Å². The van der Waals surface area contributed by atoms with Crippen LogP contribution in [0.1, 0.15) is 11.1 Å². The summed E-state index contributed by atoms with van der Waals surface area (Å²) < 4.78 is 24.5. The van der Waals surface area contributed by atoms with Gasteiger partial charge in [0.2, 0.25) is 5.75 Å². The summed E-state index contributed by atoms with van der Waals surface area (Å²) >= 11 is 0. The number of rotatable bonds is 8. The molecular weight excluding hydrogens is 430 g/mol. The first-order valence-corrected chi connectivity index (χ1v) is 11.1. The molecule has 2 heterocycles. The lowest BCUT2D eigenvalue weighted by atomic mass is 10.1. The van der Waals surface area contributed by atoms with Crippen LogP contribution in [-0.4, -0.2) is 37.7 Å². The molecule has 1 N–H and O–H groups in total. The van der Waals surface area contributed by atoms with Gasteiger partial charge in [0, 0.05) is 17.7 Å². The van der Waals surface area contributed by atoms with Crippen LogP contribution in [-0.2, 0) is 13.0 Å². The van der Waals surface area contributed by atoms with Crippen molar-refractivity contribution in [3.05, 3.63) is 77.9 Å². The number of nitrogens with zero attached hydrogens (tertiary/aromatic N) is 2. The molecule has 0 atom stereocenters. The minimum Gasteiger partial charge on any atom is -0.493 e. The monoisotopic (exact) mass is 457 g/mol. The Hall–Kier alpha value is -4.13. The fourth-order valence-corrected chi connectivity index (χ4v) is 4.24. The summed E-state index contributed by atoms with van der Waals surface area (Å²) in [4.78, 5) is 0. The predicted molar refractivity (Wildman–Crippen MR) is 132 cm³/mol. The molecule has 5 rings (SSSR count). The van der Waals surface area contributed by atoms with E-state index in [9.17, 15) is 0 Å². The van der Waals surface area contributed by atoms with Crippen LogP contribution in [0.3, 0.4) is 0 Å². The van der Waals surface area contributed by atoms with Crippen molar-refractivity contribution >= 4 is 5.82 Å². The van der Waals surface area contributed by atoms with Gasteiger partial charge in [0.15, 0.2) is 11.5 Å². The first-order chi connectivity index (χ1) is 16.7. The summed E-state index contributed by atoms with van der Waals surface area (Å²) in [6, 6.07) is 22.0. The van der Waals surface area contributed by atoms with E-state index in [1.165, 1.54) is 5.56 Å². The summed E-state index contributed by atoms with van der Waals surface area (Å²) in [5.41, 5.74) is 5.06. The number of anilines is 1. The van der Waals surface area contributed by atoms with Gasteiger partial charge in [0.25, 0.3) is 0 Å². The van der Waals surface area contributed by atoms with Crippen LogP contribution in [0, 0.1) is 0 Å². The van der Waals surface area contributed by atoms with E-state index in [0.29, 0.717) is 23.9 Å². The molecule has 1 aromatic heterocycles. The highest BCUT2D eigenvalue weighted by Gasteiger charge is 2.26. The third-order valence-corrected chi connectivity index (χ3v) is 5.92. The van der Waals surface area contributed by atoms with Crippen molar-refractivity contribution in [3.63, 3.8) is 0 Å². The summed E-state index contributed by atoms with van der Waals surface area (Å²) in [5.74, 6) is 3.59. The molecule has 34 heavy (non-hydrogen) atoms. The van der Waals surface area contributed by atoms with Crippen molar-refractivity contribution in [1.82, 2.24) is 9.78 Å². The zero-order valence-electron chi connectivity index (χ0n) is 19.5. The highest BCUT2D eigenvalue weighted by atomic mass is 16.5. The van der Waals surface area contributed by atoms with Crippen LogP contribution in [0.4, 0.5) is 5.82 Å². The van der Waals surface area contributed by atoms with E-state index in [2.05, 4.69) is 17.4 Å². The largest absolute Gasteiger partial charge is 0.493 e. The maximum absolute atomic E-state index is 5.94. The first-order valence-electron chi connectivity index (χ1n) is 11.1. The molecule has 7 nitrogen and oxygen atoms in total. The van der Waals surface area contributed by atoms with Crippen LogP contribution in [0.25, 0.3) is 16.9 Å². The van der Waals surface area contributed by atoms with Gasteiger partial charge in [-0.2, -0.15) is 5.10 Å². The van der Waals surface area contributed by atoms with E-state index >= 15 is 0 Å². The average molecular weight is 458 g/mol. The number of aromatic nitrogens is 2. The molecule has 174 valence electrons. The summed E-state index contributed by atoms with van der Waals surface area (Å²) in [6.45, 7) is 1.40. The van der Waals surface area contributed by atoms with Crippen LogP contribution < -0.4 is 24.3 Å². The Balaban J connectivity index is 1.46. The van der Waals surface area contributed by atoms with Crippen LogP contribution in [0.15, 0.2) is 66.7 Å². The molecule has 0 fully saturated rings. The lowest BCUT2D eigenvalue weighted by Gasteiger charge is -2.13. The van der Waals surface area contributed by atoms with E-state index < -0.39 is 0 Å². The van der Waals surface area contributed by atoms with Gasteiger partial charge in [-0.1, -0.05) is 30.3 Å². The molecule has 1 aliphatic rings. The SMILES string of the molecule is COc1cc(-c2nn(-c3ccc(OCc4ccccc4)cc3)c3c2CCN3)cc(OC)c1OC. The first kappa shape index (κ1) is 21.7. The van der Waals surface area contributed by atoms with Gasteiger partial charge in [-0.3, -0.25) is 0 Å². The van der Waals surface area contributed by atoms with E-state index in [-0.39, 0.29) is 0 Å². The number of nitrogens with one attached hydrogen (secondary N) is 1. The van der Waals surface area contributed by atoms with E-state index in [4.69, 9.17) is 24.0 Å². The van der Waals surface area contributed by atoms with E-state index in [0.717, 1.165) is 47.0 Å². The third kappa shape index (κ3) is 4.01. The second-order valence-corrected chi connectivity index (χ2v) is 7.95. The number of hydrogen-bond acceptors (Lipinski definition) is 6. The number of methoxy groups -OCH3 is 3. The Morgan fingerprint density at radius 3 is 2.24 bits per heavy atom. The number of hydrogen-bond donors (Lipinski definition) is 1. The molecule has 0 amide bonds. The van der Waals surface area contributed by atoms with E-state index in [1.54, 1.807) is 21.3 Å². The van der Waals surface area contributed by atoms with E-state index in [1.807, 2.05) is 59.3 Å². The molecule has 0 saturated heterocycles. The molecule has 0 aliphatic carbocycles. The minimum atomic E-state index is 0.532. The molecule has 0 saturated carbocycles. The van der Waals surface area contributed by atoms with Gasteiger partial charge < -0.3 is 24.3 Å². The predicted octanol–water partition coefficient (Wildman–Crippen LogP) is 5.11. The normalized spacial score (nSPS) is 12.1. The molecular formula is C27H27N3O4. The Morgan fingerprint density at radius 1 is 0.882 bits per heavy atom. The van der Waals surface area contributed by atoms with Crippen molar-refractivity contribution in [1.29, 1.82) is 0 Å². The van der Waals surface area contributed by atoms with Crippen molar-refractivity contribution in [2.24, 2.45) is 0 Å². The summed E-state index contributed by atoms with van der Waals surface area (Å²) in [5, 5.41) is 8.44. The standard InChI is InChI=1S/C27H27N3O4/c1-31-23-15-19(16-24(32-2)26(23)33-3)25-22-13-14-28-27(22)30(29-25)20-9-11-21(12-10-20)34-17-18-7-5-4-6-8-18/h4-12,15-16,28H,13-14,17H2,1-3H3. The highest BCUT2D eigenvalue weighted by molar-refractivity contribution is 5.76. The van der Waals surface area contributed by atoms with Gasteiger partial charge in [-0.25, -0.2) is 4.68 Å². The number of ether oxygens (including phenoxy) is 4.